The van der Waals surface area contributed by atoms with E-state index in [-0.39, 0.29) is 17.8 Å². The third kappa shape index (κ3) is 3.64. The smallest absolute Gasteiger partial charge is 0.272 e. The molecular formula is C18H20FN5O3S. The minimum Gasteiger partial charge on any atom is -0.494 e. The lowest BCUT2D eigenvalue weighted by Crippen LogP contribution is -2.25. The number of hydrogen-bond donors (Lipinski definition) is 2. The van der Waals surface area contributed by atoms with Crippen molar-refractivity contribution in [2.45, 2.75) is 38.7 Å². The fourth-order valence-electron chi connectivity index (χ4n) is 3.52. The van der Waals surface area contributed by atoms with Gasteiger partial charge in [0.1, 0.15) is 4.88 Å². The Bertz CT molecular complexity index is 991. The molecule has 2 atom stereocenters. The van der Waals surface area contributed by atoms with E-state index in [9.17, 15) is 9.18 Å². The van der Waals surface area contributed by atoms with Gasteiger partial charge in [-0.15, -0.1) is 16.4 Å². The lowest BCUT2D eigenvalue weighted by molar-refractivity contribution is 0.101. The zero-order valence-corrected chi connectivity index (χ0v) is 16.3. The quantitative estimate of drug-likeness (QED) is 0.670. The molecule has 2 aromatic heterocycles. The van der Waals surface area contributed by atoms with Crippen LogP contribution in [0.15, 0.2) is 12.1 Å². The number of nitrogens with zero attached hydrogens (tertiary/aromatic N) is 3. The van der Waals surface area contributed by atoms with Crippen molar-refractivity contribution in [3.63, 3.8) is 0 Å². The Balaban J connectivity index is 1.74. The fraction of sp³-hybridized carbons (Fsp3) is 0.444. The standard InChI is InChI=1S/C18H20FN5O3S/c1-9-4-3-5-10(6-9)27-15-11-7-13(26-2)12(19)8-14(11)28-16(15)17(25)20-18-21-23-24-22-18/h7-10H,3-6H2,1-2H3,(H2,20,21,22,23,24,25)/t9-,10-/m0/s1. The van der Waals surface area contributed by atoms with Crippen LogP contribution in [0.25, 0.3) is 10.1 Å². The van der Waals surface area contributed by atoms with E-state index in [4.69, 9.17) is 9.47 Å². The molecule has 0 radical (unpaired) electrons. The molecule has 10 heteroatoms. The zero-order chi connectivity index (χ0) is 19.7. The van der Waals surface area contributed by atoms with Crippen LogP contribution in [0.4, 0.5) is 10.3 Å². The number of tetrazole rings is 1. The first kappa shape index (κ1) is 18.6. The first-order valence-corrected chi connectivity index (χ1v) is 9.88. The highest BCUT2D eigenvalue weighted by Crippen LogP contribution is 2.42. The number of fused-ring (bicyclic) bond motifs is 1. The number of carbonyl (C=O) groups is 1. The molecule has 0 unspecified atom stereocenters. The van der Waals surface area contributed by atoms with Crippen molar-refractivity contribution < 1.29 is 18.7 Å². The van der Waals surface area contributed by atoms with Crippen LogP contribution in [0, 0.1) is 11.7 Å². The summed E-state index contributed by atoms with van der Waals surface area (Å²) in [4.78, 5) is 13.2. The summed E-state index contributed by atoms with van der Waals surface area (Å²) >= 11 is 1.16. The molecule has 0 aliphatic heterocycles. The van der Waals surface area contributed by atoms with Crippen molar-refractivity contribution >= 4 is 33.3 Å². The number of rotatable bonds is 5. The molecular weight excluding hydrogens is 385 g/mol. The topological polar surface area (TPSA) is 102 Å². The van der Waals surface area contributed by atoms with Gasteiger partial charge >= 0.3 is 0 Å². The van der Waals surface area contributed by atoms with Crippen LogP contribution < -0.4 is 14.8 Å². The van der Waals surface area contributed by atoms with Gasteiger partial charge in [0.15, 0.2) is 17.3 Å². The number of benzene rings is 1. The molecule has 1 fully saturated rings. The molecule has 1 saturated carbocycles. The number of H-pyrrole nitrogens is 1. The minimum absolute atomic E-state index is 0.00863. The van der Waals surface area contributed by atoms with E-state index in [0.717, 1.165) is 30.6 Å². The molecule has 148 valence electrons. The second kappa shape index (κ2) is 7.70. The third-order valence-electron chi connectivity index (χ3n) is 4.87. The fourth-order valence-corrected chi connectivity index (χ4v) is 4.56. The maximum absolute atomic E-state index is 14.2. The Morgan fingerprint density at radius 1 is 1.39 bits per heavy atom. The number of amides is 1. The van der Waals surface area contributed by atoms with Gasteiger partial charge in [0.05, 0.1) is 13.2 Å². The lowest BCUT2D eigenvalue weighted by atomic mass is 9.88. The molecule has 1 aliphatic carbocycles. The molecule has 1 aromatic carbocycles. The monoisotopic (exact) mass is 405 g/mol. The van der Waals surface area contributed by atoms with E-state index in [1.165, 1.54) is 19.6 Å². The van der Waals surface area contributed by atoms with Crippen LogP contribution in [0.3, 0.4) is 0 Å². The number of halogens is 1. The number of thiophene rings is 1. The summed E-state index contributed by atoms with van der Waals surface area (Å²) in [6, 6.07) is 2.94. The van der Waals surface area contributed by atoms with Crippen molar-refractivity contribution in [2.24, 2.45) is 5.92 Å². The molecule has 0 bridgehead atoms. The van der Waals surface area contributed by atoms with Crippen LogP contribution in [0.1, 0.15) is 42.3 Å². The van der Waals surface area contributed by atoms with Gasteiger partial charge in [0.25, 0.3) is 11.9 Å². The minimum atomic E-state index is -0.487. The van der Waals surface area contributed by atoms with Gasteiger partial charge in [0, 0.05) is 10.1 Å². The van der Waals surface area contributed by atoms with Crippen molar-refractivity contribution in [3.05, 3.63) is 22.8 Å². The van der Waals surface area contributed by atoms with Crippen LogP contribution in [-0.4, -0.2) is 39.7 Å². The molecule has 28 heavy (non-hydrogen) atoms. The van der Waals surface area contributed by atoms with Crippen LogP contribution in [-0.2, 0) is 0 Å². The second-order valence-corrected chi connectivity index (χ2v) is 8.00. The summed E-state index contributed by atoms with van der Waals surface area (Å²) in [7, 11) is 1.41. The maximum Gasteiger partial charge on any atom is 0.272 e. The average molecular weight is 405 g/mol. The molecule has 1 amide bonds. The maximum atomic E-state index is 14.2. The lowest BCUT2D eigenvalue weighted by Gasteiger charge is -2.27. The van der Waals surface area contributed by atoms with Crippen molar-refractivity contribution in [2.75, 3.05) is 12.4 Å². The van der Waals surface area contributed by atoms with E-state index in [0.29, 0.717) is 26.6 Å². The van der Waals surface area contributed by atoms with E-state index in [1.54, 1.807) is 6.07 Å². The largest absolute Gasteiger partial charge is 0.494 e. The number of anilines is 1. The summed E-state index contributed by atoms with van der Waals surface area (Å²) in [6.07, 6.45) is 4.10. The van der Waals surface area contributed by atoms with Crippen LogP contribution >= 0.6 is 11.3 Å². The Kier molecular flexibility index (Phi) is 5.12. The summed E-state index contributed by atoms with van der Waals surface area (Å²) < 4.78 is 26.2. The van der Waals surface area contributed by atoms with Gasteiger partial charge in [-0.25, -0.2) is 4.39 Å². The van der Waals surface area contributed by atoms with Gasteiger partial charge in [-0.3, -0.25) is 10.1 Å². The first-order valence-electron chi connectivity index (χ1n) is 9.06. The number of aromatic nitrogens is 4. The van der Waals surface area contributed by atoms with Crippen molar-refractivity contribution in [3.8, 4) is 11.5 Å². The van der Waals surface area contributed by atoms with Gasteiger partial charge < -0.3 is 9.47 Å². The molecule has 2 heterocycles. The highest BCUT2D eigenvalue weighted by Gasteiger charge is 2.27. The van der Waals surface area contributed by atoms with Gasteiger partial charge in [0.2, 0.25) is 0 Å². The van der Waals surface area contributed by atoms with Crippen molar-refractivity contribution in [1.29, 1.82) is 0 Å². The third-order valence-corrected chi connectivity index (χ3v) is 6.00. The zero-order valence-electron chi connectivity index (χ0n) is 15.5. The van der Waals surface area contributed by atoms with Gasteiger partial charge in [-0.1, -0.05) is 18.4 Å². The molecule has 2 N–H and O–H groups in total. The highest BCUT2D eigenvalue weighted by molar-refractivity contribution is 7.21. The van der Waals surface area contributed by atoms with Gasteiger partial charge in [-0.2, -0.15) is 5.21 Å². The molecule has 0 saturated heterocycles. The molecule has 3 aromatic rings. The summed E-state index contributed by atoms with van der Waals surface area (Å²) in [5, 5.41) is 16.4. The number of hydrogen-bond acceptors (Lipinski definition) is 7. The van der Waals surface area contributed by atoms with Gasteiger partial charge in [-0.05, 0) is 42.5 Å². The second-order valence-electron chi connectivity index (χ2n) is 6.94. The van der Waals surface area contributed by atoms with E-state index in [2.05, 4.69) is 32.9 Å². The van der Waals surface area contributed by atoms with E-state index < -0.39 is 11.7 Å². The summed E-state index contributed by atoms with van der Waals surface area (Å²) in [6.45, 7) is 2.20. The number of carbonyl (C=O) groups excluding carboxylic acids is 1. The molecule has 1 aliphatic rings. The number of ether oxygens (including phenoxy) is 2. The predicted molar refractivity (Wildman–Crippen MR) is 103 cm³/mol. The van der Waals surface area contributed by atoms with Crippen molar-refractivity contribution in [1.82, 2.24) is 20.6 Å². The Morgan fingerprint density at radius 3 is 2.96 bits per heavy atom. The number of nitrogens with one attached hydrogen (secondary N) is 2. The SMILES string of the molecule is COc1cc2c(O[C@H]3CCC[C@H](C)C3)c(C(=O)Nc3nn[nH]n3)sc2cc1F. The van der Waals surface area contributed by atoms with E-state index >= 15 is 0 Å². The molecule has 8 nitrogen and oxygen atoms in total. The summed E-state index contributed by atoms with van der Waals surface area (Å²) in [5.41, 5.74) is 0. The highest BCUT2D eigenvalue weighted by atomic mass is 32.1. The Hall–Kier alpha value is -2.75. The predicted octanol–water partition coefficient (Wildman–Crippen LogP) is 3.77. The molecule has 0 spiro atoms. The average Bonchev–Trinajstić information content (AvgIpc) is 3.29. The summed E-state index contributed by atoms with van der Waals surface area (Å²) in [5.74, 6) is 0.256. The Morgan fingerprint density at radius 2 is 2.25 bits per heavy atom. The molecule has 4 rings (SSSR count). The van der Waals surface area contributed by atoms with E-state index in [1.807, 2.05) is 0 Å². The Labute approximate surface area is 164 Å². The van der Waals surface area contributed by atoms with Crippen LogP contribution in [0.5, 0.6) is 11.5 Å². The van der Waals surface area contributed by atoms with Crippen LogP contribution in [0.2, 0.25) is 0 Å². The first-order chi connectivity index (χ1) is 13.5. The normalized spacial score (nSPS) is 19.5. The number of methoxy groups -OCH3 is 1. The number of aromatic amines is 1.